The molecule has 0 aromatic carbocycles. The SMILES string of the molecule is CCC(CC)C(=O)O.[Sm]. The van der Waals surface area contributed by atoms with E-state index in [9.17, 15) is 4.79 Å². The summed E-state index contributed by atoms with van der Waals surface area (Å²) >= 11 is 0. The minimum Gasteiger partial charge on any atom is -0.481 e. The van der Waals surface area contributed by atoms with Gasteiger partial charge in [-0.25, -0.2) is 0 Å². The van der Waals surface area contributed by atoms with Crippen LogP contribution >= 0.6 is 0 Å². The van der Waals surface area contributed by atoms with Crippen molar-refractivity contribution < 1.29 is 50.3 Å². The van der Waals surface area contributed by atoms with E-state index in [1.165, 1.54) is 0 Å². The van der Waals surface area contributed by atoms with Gasteiger partial charge in [-0.1, -0.05) is 13.8 Å². The second-order valence-corrected chi connectivity index (χ2v) is 1.85. The fourth-order valence-electron chi connectivity index (χ4n) is 0.638. The molecule has 0 radical (unpaired) electrons. The Labute approximate surface area is 88.1 Å². The summed E-state index contributed by atoms with van der Waals surface area (Å²) in [7, 11) is 0. The summed E-state index contributed by atoms with van der Waals surface area (Å²) in [6.45, 7) is 3.78. The molecule has 2 nitrogen and oxygen atoms in total. The molecule has 0 aliphatic rings. The van der Waals surface area contributed by atoms with Crippen molar-refractivity contribution >= 4 is 5.97 Å². The van der Waals surface area contributed by atoms with Crippen LogP contribution in [0.5, 0.6) is 0 Å². The number of carboxylic acids is 1. The van der Waals surface area contributed by atoms with Crippen molar-refractivity contribution in [2.24, 2.45) is 5.92 Å². The largest absolute Gasteiger partial charge is 0.481 e. The third kappa shape index (κ3) is 5.26. The number of hydrogen-bond donors (Lipinski definition) is 1. The molecule has 0 rings (SSSR count). The van der Waals surface area contributed by atoms with Crippen LogP contribution in [0.1, 0.15) is 26.7 Å². The van der Waals surface area contributed by atoms with Gasteiger partial charge in [-0.2, -0.15) is 0 Å². The normalized spacial score (nSPS) is 8.78. The molecular weight excluding hydrogens is 254 g/mol. The van der Waals surface area contributed by atoms with Gasteiger partial charge in [0, 0.05) is 40.4 Å². The topological polar surface area (TPSA) is 37.3 Å². The first-order valence-corrected chi connectivity index (χ1v) is 2.95. The van der Waals surface area contributed by atoms with E-state index in [4.69, 9.17) is 5.11 Å². The van der Waals surface area contributed by atoms with Gasteiger partial charge < -0.3 is 5.11 Å². The van der Waals surface area contributed by atoms with Crippen molar-refractivity contribution in [3.05, 3.63) is 0 Å². The van der Waals surface area contributed by atoms with Crippen LogP contribution in [0.25, 0.3) is 0 Å². The average Bonchev–Trinajstić information content (AvgIpc) is 1.69. The molecule has 0 bridgehead atoms. The Morgan fingerprint density at radius 3 is 1.78 bits per heavy atom. The summed E-state index contributed by atoms with van der Waals surface area (Å²) in [5.41, 5.74) is 0. The number of aliphatic carboxylic acids is 1. The molecule has 0 saturated carbocycles. The van der Waals surface area contributed by atoms with Crippen molar-refractivity contribution in [1.82, 2.24) is 0 Å². The third-order valence-electron chi connectivity index (χ3n) is 1.33. The summed E-state index contributed by atoms with van der Waals surface area (Å²) in [5, 5.41) is 8.37. The summed E-state index contributed by atoms with van der Waals surface area (Å²) in [6, 6.07) is 0. The number of carbonyl (C=O) groups is 1. The van der Waals surface area contributed by atoms with E-state index in [2.05, 4.69) is 0 Å². The molecule has 0 heterocycles. The maximum Gasteiger partial charge on any atom is 0.306 e. The molecule has 0 aliphatic heterocycles. The van der Waals surface area contributed by atoms with E-state index in [0.717, 1.165) is 12.8 Å². The number of carboxylic acid groups (broad SMARTS) is 1. The first kappa shape index (κ1) is 12.5. The Bertz CT molecular complexity index is 79.1. The molecule has 0 unspecified atom stereocenters. The number of rotatable bonds is 3. The molecule has 0 aliphatic carbocycles. The van der Waals surface area contributed by atoms with Crippen LogP contribution in [0.15, 0.2) is 0 Å². The molecule has 0 amide bonds. The van der Waals surface area contributed by atoms with E-state index in [0.29, 0.717) is 0 Å². The van der Waals surface area contributed by atoms with Crippen LogP contribution in [0.3, 0.4) is 0 Å². The molecule has 1 N–H and O–H groups in total. The van der Waals surface area contributed by atoms with Crippen LogP contribution in [0.2, 0.25) is 0 Å². The summed E-state index contributed by atoms with van der Waals surface area (Å²) in [6.07, 6.45) is 1.48. The molecule has 0 aromatic heterocycles. The predicted octanol–water partition coefficient (Wildman–Crippen LogP) is 1.51. The standard InChI is InChI=1S/C6H12O2.Sm/c1-3-5(4-2)6(7)8;/h5H,3-4H2,1-2H3,(H,7,8);. The Morgan fingerprint density at radius 1 is 1.44 bits per heavy atom. The van der Waals surface area contributed by atoms with Crippen molar-refractivity contribution in [3.8, 4) is 0 Å². The van der Waals surface area contributed by atoms with Crippen LogP contribution in [0, 0.1) is 46.3 Å². The van der Waals surface area contributed by atoms with Gasteiger partial charge in [-0.05, 0) is 12.8 Å². The number of hydrogen-bond acceptors (Lipinski definition) is 1. The van der Waals surface area contributed by atoms with E-state index in [-0.39, 0.29) is 46.3 Å². The second kappa shape index (κ2) is 6.92. The van der Waals surface area contributed by atoms with E-state index in [1.807, 2.05) is 13.8 Å². The second-order valence-electron chi connectivity index (χ2n) is 1.85. The van der Waals surface area contributed by atoms with Gasteiger partial charge in [0.15, 0.2) is 0 Å². The minimum atomic E-state index is -0.671. The van der Waals surface area contributed by atoms with Gasteiger partial charge >= 0.3 is 5.97 Å². The van der Waals surface area contributed by atoms with Crippen molar-refractivity contribution in [3.63, 3.8) is 0 Å². The molecule has 0 aromatic rings. The fraction of sp³-hybridized carbons (Fsp3) is 0.833. The third-order valence-corrected chi connectivity index (χ3v) is 1.33. The zero-order valence-corrected chi connectivity index (χ0v) is 8.37. The van der Waals surface area contributed by atoms with Crippen LogP contribution in [-0.2, 0) is 4.79 Å². The van der Waals surface area contributed by atoms with Gasteiger partial charge in [0.2, 0.25) is 0 Å². The van der Waals surface area contributed by atoms with Crippen molar-refractivity contribution in [2.75, 3.05) is 0 Å². The van der Waals surface area contributed by atoms with Gasteiger partial charge in [-0.15, -0.1) is 0 Å². The van der Waals surface area contributed by atoms with E-state index < -0.39 is 5.97 Å². The Kier molecular flexibility index (Phi) is 9.60. The Morgan fingerprint density at radius 2 is 1.78 bits per heavy atom. The monoisotopic (exact) mass is 268 g/mol. The smallest absolute Gasteiger partial charge is 0.306 e. The van der Waals surface area contributed by atoms with E-state index >= 15 is 0 Å². The van der Waals surface area contributed by atoms with Crippen LogP contribution < -0.4 is 0 Å². The molecule has 54 valence electrons. The van der Waals surface area contributed by atoms with Gasteiger partial charge in [0.25, 0.3) is 0 Å². The summed E-state index contributed by atoms with van der Waals surface area (Å²) in [5.74, 6) is -0.801. The zero-order valence-electron chi connectivity index (χ0n) is 5.76. The zero-order chi connectivity index (χ0) is 6.57. The molecule has 0 fully saturated rings. The molecule has 0 saturated heterocycles. The Hall–Kier alpha value is 0.808. The first-order chi connectivity index (χ1) is 3.72. The molecule has 0 atom stereocenters. The molecule has 0 spiro atoms. The van der Waals surface area contributed by atoms with Crippen LogP contribution in [0.4, 0.5) is 0 Å². The minimum absolute atomic E-state index is 0. The predicted molar refractivity (Wildman–Crippen MR) is 31.7 cm³/mol. The Balaban J connectivity index is 0. The fourth-order valence-corrected chi connectivity index (χ4v) is 0.638. The van der Waals surface area contributed by atoms with Gasteiger partial charge in [0.05, 0.1) is 5.92 Å². The van der Waals surface area contributed by atoms with Crippen LogP contribution in [-0.4, -0.2) is 11.1 Å². The quantitative estimate of drug-likeness (QED) is 0.841. The van der Waals surface area contributed by atoms with Gasteiger partial charge in [-0.3, -0.25) is 4.79 Å². The first-order valence-electron chi connectivity index (χ1n) is 2.95. The molecular formula is C6H12O2Sm. The van der Waals surface area contributed by atoms with Crippen molar-refractivity contribution in [1.29, 1.82) is 0 Å². The maximum absolute atomic E-state index is 10.2. The maximum atomic E-state index is 10.2. The van der Waals surface area contributed by atoms with E-state index in [1.54, 1.807) is 0 Å². The molecule has 3 heteroatoms. The van der Waals surface area contributed by atoms with Crippen molar-refractivity contribution in [2.45, 2.75) is 26.7 Å². The van der Waals surface area contributed by atoms with Gasteiger partial charge in [0.1, 0.15) is 0 Å². The average molecular weight is 267 g/mol. The molecule has 9 heavy (non-hydrogen) atoms. The summed E-state index contributed by atoms with van der Waals surface area (Å²) in [4.78, 5) is 10.2. The summed E-state index contributed by atoms with van der Waals surface area (Å²) < 4.78 is 0.